The van der Waals surface area contributed by atoms with Crippen molar-refractivity contribution in [1.29, 1.82) is 0 Å². The Kier molecular flexibility index (Phi) is 5.14. The van der Waals surface area contributed by atoms with Gasteiger partial charge in [-0.25, -0.2) is 0 Å². The summed E-state index contributed by atoms with van der Waals surface area (Å²) in [5, 5.41) is 0. The number of hydrogen-bond donors (Lipinski definition) is 0. The number of fused-ring (bicyclic) bond motifs is 1. The van der Waals surface area contributed by atoms with Gasteiger partial charge in [0.25, 0.3) is 0 Å². The maximum absolute atomic E-state index is 2.37. The smallest absolute Gasteiger partial charge is 0.00736 e. The molecule has 0 atom stereocenters. The molecule has 0 nitrogen and oxygen atoms in total. The lowest BCUT2D eigenvalue weighted by Gasteiger charge is -2.15. The topological polar surface area (TPSA) is 0 Å². The van der Waals surface area contributed by atoms with Crippen molar-refractivity contribution in [2.75, 3.05) is 0 Å². The zero-order valence-electron chi connectivity index (χ0n) is 18.1. The third-order valence-corrected chi connectivity index (χ3v) is 6.22. The van der Waals surface area contributed by atoms with Crippen molar-refractivity contribution in [3.05, 3.63) is 125 Å². The van der Waals surface area contributed by atoms with E-state index < -0.39 is 0 Å². The standard InChI is InChI=1S/C31H26/c1-22-9-6-7-13-29(22)31-23(2)15-16-28-21-27(12-8-14-30(28)31)26-19-17-25(18-20-26)24-10-4-3-5-11-24/h3-11,13-21H,12H2,1-2H3. The van der Waals surface area contributed by atoms with Gasteiger partial charge in [-0.1, -0.05) is 109 Å². The third-order valence-electron chi connectivity index (χ3n) is 6.22. The summed E-state index contributed by atoms with van der Waals surface area (Å²) in [5.41, 5.74) is 13.1. The summed E-state index contributed by atoms with van der Waals surface area (Å²) in [6.45, 7) is 4.41. The Morgan fingerprint density at radius 1 is 0.581 bits per heavy atom. The molecule has 0 heterocycles. The average molecular weight is 399 g/mol. The van der Waals surface area contributed by atoms with Gasteiger partial charge in [-0.05, 0) is 75.9 Å². The van der Waals surface area contributed by atoms with Crippen molar-refractivity contribution in [2.24, 2.45) is 0 Å². The molecule has 0 heteroatoms. The lowest BCUT2D eigenvalue weighted by atomic mass is 9.89. The lowest BCUT2D eigenvalue weighted by Crippen LogP contribution is -1.93. The normalized spacial score (nSPS) is 12.8. The molecule has 150 valence electrons. The van der Waals surface area contributed by atoms with Crippen LogP contribution in [0.15, 0.2) is 97.1 Å². The van der Waals surface area contributed by atoms with Crippen LogP contribution in [0, 0.1) is 13.8 Å². The van der Waals surface area contributed by atoms with Gasteiger partial charge in [0, 0.05) is 0 Å². The molecule has 0 fully saturated rings. The molecule has 0 amide bonds. The van der Waals surface area contributed by atoms with Crippen LogP contribution in [0.25, 0.3) is 40.0 Å². The van der Waals surface area contributed by atoms with Crippen molar-refractivity contribution < 1.29 is 0 Å². The van der Waals surface area contributed by atoms with Crippen molar-refractivity contribution in [1.82, 2.24) is 0 Å². The average Bonchev–Trinajstić information content (AvgIpc) is 3.03. The van der Waals surface area contributed by atoms with Gasteiger partial charge in [0.2, 0.25) is 0 Å². The van der Waals surface area contributed by atoms with E-state index in [-0.39, 0.29) is 0 Å². The maximum Gasteiger partial charge on any atom is -0.00736 e. The van der Waals surface area contributed by atoms with Crippen LogP contribution in [-0.2, 0) is 0 Å². The summed E-state index contributed by atoms with van der Waals surface area (Å²) in [5.74, 6) is 0. The molecule has 0 unspecified atom stereocenters. The van der Waals surface area contributed by atoms with Crippen LogP contribution >= 0.6 is 0 Å². The van der Waals surface area contributed by atoms with Crippen LogP contribution < -0.4 is 0 Å². The van der Waals surface area contributed by atoms with E-state index in [0.29, 0.717) is 0 Å². The van der Waals surface area contributed by atoms with Crippen LogP contribution in [0.1, 0.15) is 34.2 Å². The van der Waals surface area contributed by atoms with Crippen LogP contribution in [0.3, 0.4) is 0 Å². The number of aryl methyl sites for hydroxylation is 2. The van der Waals surface area contributed by atoms with Crippen molar-refractivity contribution in [3.8, 4) is 22.3 Å². The molecule has 0 saturated heterocycles. The summed E-state index contributed by atoms with van der Waals surface area (Å²) in [6, 6.07) is 32.7. The summed E-state index contributed by atoms with van der Waals surface area (Å²) in [4.78, 5) is 0. The predicted octanol–water partition coefficient (Wildman–Crippen LogP) is 8.59. The first-order valence-electron chi connectivity index (χ1n) is 10.9. The molecule has 4 aromatic carbocycles. The first-order chi connectivity index (χ1) is 15.2. The first-order valence-corrected chi connectivity index (χ1v) is 10.9. The van der Waals surface area contributed by atoms with E-state index in [1.54, 1.807) is 0 Å². The zero-order valence-corrected chi connectivity index (χ0v) is 18.1. The molecular formula is C31H26. The van der Waals surface area contributed by atoms with Gasteiger partial charge in [-0.3, -0.25) is 0 Å². The summed E-state index contributed by atoms with van der Waals surface area (Å²) in [7, 11) is 0. The number of hydrogen-bond acceptors (Lipinski definition) is 0. The number of benzene rings is 4. The van der Waals surface area contributed by atoms with E-state index >= 15 is 0 Å². The fraction of sp³-hybridized carbons (Fsp3) is 0.0968. The fourth-order valence-electron chi connectivity index (χ4n) is 4.52. The highest BCUT2D eigenvalue weighted by Crippen LogP contribution is 2.37. The number of rotatable bonds is 3. The monoisotopic (exact) mass is 398 g/mol. The van der Waals surface area contributed by atoms with Gasteiger partial charge >= 0.3 is 0 Å². The van der Waals surface area contributed by atoms with Crippen molar-refractivity contribution >= 4 is 17.7 Å². The van der Waals surface area contributed by atoms with E-state index in [1.807, 2.05) is 0 Å². The Morgan fingerprint density at radius 2 is 1.26 bits per heavy atom. The lowest BCUT2D eigenvalue weighted by molar-refractivity contribution is 1.39. The van der Waals surface area contributed by atoms with Crippen LogP contribution in [0.2, 0.25) is 0 Å². The Hall–Kier alpha value is -3.64. The Morgan fingerprint density at radius 3 is 2.03 bits per heavy atom. The molecule has 0 radical (unpaired) electrons. The fourth-order valence-corrected chi connectivity index (χ4v) is 4.52. The quantitative estimate of drug-likeness (QED) is 0.324. The molecular weight excluding hydrogens is 372 g/mol. The second-order valence-electron chi connectivity index (χ2n) is 8.29. The SMILES string of the molecule is Cc1ccccc1-c1c(C)ccc2c1C=CCC(c1ccc(-c3ccccc3)cc1)=C2. The highest BCUT2D eigenvalue weighted by atomic mass is 14.2. The molecule has 0 N–H and O–H groups in total. The van der Waals surface area contributed by atoms with Crippen molar-refractivity contribution in [2.45, 2.75) is 20.3 Å². The van der Waals surface area contributed by atoms with E-state index in [0.717, 1.165) is 6.42 Å². The number of allylic oxidation sites excluding steroid dienone is 2. The van der Waals surface area contributed by atoms with E-state index in [9.17, 15) is 0 Å². The van der Waals surface area contributed by atoms with Gasteiger partial charge in [-0.15, -0.1) is 0 Å². The van der Waals surface area contributed by atoms with Crippen LogP contribution in [0.4, 0.5) is 0 Å². The van der Waals surface area contributed by atoms with E-state index in [1.165, 1.54) is 55.6 Å². The van der Waals surface area contributed by atoms with Gasteiger partial charge in [0.15, 0.2) is 0 Å². The highest BCUT2D eigenvalue weighted by Gasteiger charge is 2.15. The first kappa shape index (κ1) is 19.3. The van der Waals surface area contributed by atoms with Crippen LogP contribution in [-0.4, -0.2) is 0 Å². The Labute approximate surface area is 185 Å². The largest absolute Gasteiger partial charge is 0.0795 e. The van der Waals surface area contributed by atoms with Gasteiger partial charge in [0.1, 0.15) is 0 Å². The summed E-state index contributed by atoms with van der Waals surface area (Å²) in [6.07, 6.45) is 7.93. The maximum atomic E-state index is 2.37. The molecule has 1 aliphatic rings. The molecule has 0 saturated carbocycles. The van der Waals surface area contributed by atoms with Gasteiger partial charge < -0.3 is 0 Å². The van der Waals surface area contributed by atoms with Crippen molar-refractivity contribution in [3.63, 3.8) is 0 Å². The summed E-state index contributed by atoms with van der Waals surface area (Å²) < 4.78 is 0. The summed E-state index contributed by atoms with van der Waals surface area (Å²) >= 11 is 0. The minimum Gasteiger partial charge on any atom is -0.0795 e. The predicted molar refractivity (Wildman–Crippen MR) is 135 cm³/mol. The highest BCUT2D eigenvalue weighted by molar-refractivity contribution is 5.92. The Balaban J connectivity index is 1.57. The Bertz CT molecular complexity index is 1290. The van der Waals surface area contributed by atoms with Crippen LogP contribution in [0.5, 0.6) is 0 Å². The van der Waals surface area contributed by atoms with E-state index in [2.05, 4.69) is 123 Å². The minimum absolute atomic E-state index is 0.936. The molecule has 0 aromatic heterocycles. The molecule has 0 spiro atoms. The molecule has 31 heavy (non-hydrogen) atoms. The molecule has 4 aromatic rings. The zero-order chi connectivity index (χ0) is 21.2. The third kappa shape index (κ3) is 3.78. The van der Waals surface area contributed by atoms with E-state index in [4.69, 9.17) is 0 Å². The molecule has 0 bridgehead atoms. The molecule has 0 aliphatic heterocycles. The second kappa shape index (κ2) is 8.24. The second-order valence-corrected chi connectivity index (χ2v) is 8.29. The molecule has 1 aliphatic carbocycles. The van der Waals surface area contributed by atoms with Gasteiger partial charge in [0.05, 0.1) is 0 Å². The van der Waals surface area contributed by atoms with Gasteiger partial charge in [-0.2, -0.15) is 0 Å². The molecule has 5 rings (SSSR count). The minimum atomic E-state index is 0.936.